The molecule has 0 saturated carbocycles. The zero-order chi connectivity index (χ0) is 17.2. The van der Waals surface area contributed by atoms with Crippen molar-refractivity contribution in [3.05, 3.63) is 33.1 Å². The van der Waals surface area contributed by atoms with Crippen LogP contribution >= 0.6 is 19.8 Å². The number of aliphatic hydroxyl groups is 1. The predicted molar refractivity (Wildman–Crippen MR) is 96.9 cm³/mol. The Labute approximate surface area is 144 Å². The summed E-state index contributed by atoms with van der Waals surface area (Å²) in [5.41, 5.74) is 0.136. The van der Waals surface area contributed by atoms with Crippen LogP contribution in [0.15, 0.2) is 18.2 Å². The number of amides is 1. The summed E-state index contributed by atoms with van der Waals surface area (Å²) in [4.78, 5) is 16.4. The molecule has 0 unspecified atom stereocenters. The number of carbonyl (C=O) groups is 1. The van der Waals surface area contributed by atoms with Crippen LogP contribution in [-0.4, -0.2) is 37.2 Å². The number of alkyl halides is 2. The van der Waals surface area contributed by atoms with Crippen molar-refractivity contribution in [3.8, 4) is 0 Å². The first-order valence-corrected chi connectivity index (χ1v) is 12.2. The van der Waals surface area contributed by atoms with Gasteiger partial charge in [-0.15, -0.1) is 0 Å². The van der Waals surface area contributed by atoms with Gasteiger partial charge in [0.15, 0.2) is 0 Å². The van der Waals surface area contributed by atoms with E-state index in [1.54, 1.807) is 6.07 Å². The van der Waals surface area contributed by atoms with Gasteiger partial charge in [0.1, 0.15) is 0 Å². The van der Waals surface area contributed by atoms with Crippen molar-refractivity contribution in [1.29, 1.82) is 0 Å². The van der Waals surface area contributed by atoms with E-state index < -0.39 is 25.4 Å². The summed E-state index contributed by atoms with van der Waals surface area (Å²) in [6.07, 6.45) is 1.64. The average Bonchev–Trinajstić information content (AvgIpc) is 2.94. The molecule has 1 heterocycles. The molecule has 1 aromatic carbocycles. The summed E-state index contributed by atoms with van der Waals surface area (Å²) >= 11 is -1.78. The molecule has 2 rings (SSSR count). The fourth-order valence-corrected chi connectivity index (χ4v) is 8.51. The van der Waals surface area contributed by atoms with E-state index in [0.717, 1.165) is 16.4 Å². The van der Waals surface area contributed by atoms with E-state index >= 15 is 0 Å². The number of aliphatic hydroxyl groups excluding tert-OH is 1. The van der Waals surface area contributed by atoms with E-state index in [-0.39, 0.29) is 22.6 Å². The van der Waals surface area contributed by atoms with Crippen molar-refractivity contribution in [2.24, 2.45) is 0 Å². The van der Waals surface area contributed by atoms with Crippen molar-refractivity contribution in [3.63, 3.8) is 0 Å². The summed E-state index contributed by atoms with van der Waals surface area (Å²) in [6.45, 7) is 6.12. The fraction of sp³-hybridized carbons (Fsp3) is 0.588. The number of rotatable bonds is 3. The third-order valence-corrected chi connectivity index (χ3v) is 10.0. The summed E-state index contributed by atoms with van der Waals surface area (Å²) in [5.74, 6) is -0.336. The van der Waals surface area contributed by atoms with Gasteiger partial charge in [0.2, 0.25) is 0 Å². The second kappa shape index (κ2) is 7.34. The Morgan fingerprint density at radius 2 is 2.17 bits per heavy atom. The molecule has 0 radical (unpaired) electrons. The van der Waals surface area contributed by atoms with Crippen LogP contribution in [-0.2, 0) is 11.3 Å². The molecule has 1 atom stereocenters. The summed E-state index contributed by atoms with van der Waals surface area (Å²) < 4.78 is 20.1. The van der Waals surface area contributed by atoms with Gasteiger partial charge in [-0.1, -0.05) is 0 Å². The zero-order valence-corrected chi connectivity index (χ0v) is 16.3. The molecule has 130 valence electrons. The number of nitrogens with zero attached hydrogens (tertiary/aromatic N) is 1. The molecule has 1 aromatic rings. The average molecular weight is 437 g/mol. The summed E-state index contributed by atoms with van der Waals surface area (Å²) in [5, 5.41) is 9.52. The monoisotopic (exact) mass is 437 g/mol. The van der Waals surface area contributed by atoms with Crippen LogP contribution < -0.4 is 0 Å². The normalized spacial score (nSPS) is 19.0. The topological polar surface area (TPSA) is 49.8 Å². The third kappa shape index (κ3) is 4.56. The van der Waals surface area contributed by atoms with Crippen molar-refractivity contribution >= 4 is 25.9 Å². The van der Waals surface area contributed by atoms with Gasteiger partial charge < -0.3 is 0 Å². The first-order chi connectivity index (χ1) is 10.7. The van der Waals surface area contributed by atoms with Crippen molar-refractivity contribution < 1.29 is 19.0 Å². The van der Waals surface area contributed by atoms with E-state index in [2.05, 4.69) is 4.93 Å². The fourth-order valence-electron chi connectivity index (χ4n) is 2.68. The van der Waals surface area contributed by atoms with Gasteiger partial charge in [0.05, 0.1) is 0 Å². The van der Waals surface area contributed by atoms with Gasteiger partial charge in [-0.2, -0.15) is 0 Å². The molecule has 0 bridgehead atoms. The van der Waals surface area contributed by atoms with E-state index in [1.165, 1.54) is 12.1 Å². The molecule has 4 nitrogen and oxygen atoms in total. The van der Waals surface area contributed by atoms with Crippen molar-refractivity contribution in [2.45, 2.75) is 49.9 Å². The maximum absolute atomic E-state index is 13.4. The van der Waals surface area contributed by atoms with Gasteiger partial charge in [-0.25, -0.2) is 0 Å². The van der Waals surface area contributed by atoms with Gasteiger partial charge in [0, 0.05) is 0 Å². The van der Waals surface area contributed by atoms with E-state index in [1.807, 2.05) is 25.7 Å². The molecule has 0 aromatic heterocycles. The maximum atomic E-state index is 13.4. The molecule has 1 aliphatic rings. The second-order valence-electron chi connectivity index (χ2n) is 6.66. The SMILES string of the molecule is CI(c1ccc(F)cc1CO)[C@H]1CCCN1C(=O)OC(C)(C)C. The second-order valence-corrected chi connectivity index (χ2v) is 12.2. The third-order valence-electron chi connectivity index (χ3n) is 3.68. The Bertz CT molecular complexity index is 573. The first-order valence-electron chi connectivity index (χ1n) is 7.70. The van der Waals surface area contributed by atoms with E-state index in [9.17, 15) is 14.3 Å². The van der Waals surface area contributed by atoms with Crippen LogP contribution in [0, 0.1) is 9.39 Å². The molecule has 0 spiro atoms. The number of likely N-dealkylation sites (tertiary alicyclic amines) is 1. The van der Waals surface area contributed by atoms with Gasteiger partial charge in [-0.3, -0.25) is 0 Å². The van der Waals surface area contributed by atoms with Gasteiger partial charge in [0.25, 0.3) is 0 Å². The molecule has 1 saturated heterocycles. The number of halogens is 2. The Morgan fingerprint density at radius 1 is 1.48 bits per heavy atom. The van der Waals surface area contributed by atoms with E-state index in [4.69, 9.17) is 4.74 Å². The molecular weight excluding hydrogens is 412 g/mol. The van der Waals surface area contributed by atoms with Crippen LogP contribution in [0.5, 0.6) is 0 Å². The van der Waals surface area contributed by atoms with Crippen LogP contribution in [0.3, 0.4) is 0 Å². The minimum absolute atomic E-state index is 0.157. The Balaban J connectivity index is 2.21. The minimum atomic E-state index is -1.78. The molecule has 0 aliphatic carbocycles. The zero-order valence-electron chi connectivity index (χ0n) is 14.1. The standard InChI is InChI=1S/C17H25FINO3/c1-17(2,3)23-16(22)20-9-5-6-15(20)19(4)14-8-7-13(18)10-12(14)11-21/h7-8,10,15,21H,5-6,9,11H2,1-4H3/t15-/m1/s1. The van der Waals surface area contributed by atoms with E-state index in [0.29, 0.717) is 12.1 Å². The number of carbonyl (C=O) groups excluding carboxylic acids is 1. The van der Waals surface area contributed by atoms with Crippen molar-refractivity contribution in [2.75, 3.05) is 11.5 Å². The van der Waals surface area contributed by atoms with Gasteiger partial charge in [-0.05, 0) is 0 Å². The molecular formula is C17H25FINO3. The molecule has 23 heavy (non-hydrogen) atoms. The number of ether oxygens (including phenoxy) is 1. The van der Waals surface area contributed by atoms with Crippen LogP contribution in [0.4, 0.5) is 9.18 Å². The Hall–Kier alpha value is -0.890. The Kier molecular flexibility index (Phi) is 5.89. The predicted octanol–water partition coefficient (Wildman–Crippen LogP) is 3.98. The quantitative estimate of drug-likeness (QED) is 0.442. The summed E-state index contributed by atoms with van der Waals surface area (Å²) in [7, 11) is 0. The number of hydrogen-bond acceptors (Lipinski definition) is 3. The number of benzene rings is 1. The van der Waals surface area contributed by atoms with Crippen molar-refractivity contribution in [1.82, 2.24) is 4.90 Å². The molecule has 1 fully saturated rings. The van der Waals surface area contributed by atoms with Gasteiger partial charge >= 0.3 is 144 Å². The van der Waals surface area contributed by atoms with Crippen LogP contribution in [0.2, 0.25) is 0 Å². The van der Waals surface area contributed by atoms with Crippen LogP contribution in [0.25, 0.3) is 0 Å². The number of hydrogen-bond donors (Lipinski definition) is 1. The summed E-state index contributed by atoms with van der Waals surface area (Å²) in [6, 6.07) is 4.61. The molecule has 6 heteroatoms. The molecule has 1 amide bonds. The first kappa shape index (κ1) is 18.4. The van der Waals surface area contributed by atoms with Crippen LogP contribution in [0.1, 0.15) is 39.2 Å². The molecule has 1 N–H and O–H groups in total. The Morgan fingerprint density at radius 3 is 2.78 bits per heavy atom. The molecule has 1 aliphatic heterocycles.